The molecular formula is C42H57N3O16S3. The summed E-state index contributed by atoms with van der Waals surface area (Å²) in [4.78, 5) is 44.7. The summed E-state index contributed by atoms with van der Waals surface area (Å²) in [6, 6.07) is 8.15. The molecule has 2 aromatic rings. The zero-order valence-electron chi connectivity index (χ0n) is 36.3. The van der Waals surface area contributed by atoms with Gasteiger partial charge in [-0.2, -0.15) is 25.3 Å². The molecule has 19 nitrogen and oxygen atoms in total. The number of unbranched alkanes of at least 4 members (excludes halogenated alkanes) is 2. The number of benzene rings is 2. The van der Waals surface area contributed by atoms with Crippen molar-refractivity contribution in [1.82, 2.24) is 5.06 Å². The number of rotatable bonds is 24. The maximum atomic E-state index is 12.5. The number of ether oxygens (including phenoxy) is 3. The molecule has 0 saturated carbocycles. The Labute approximate surface area is 374 Å². The summed E-state index contributed by atoms with van der Waals surface area (Å²) in [7, 11) is -10.5. The van der Waals surface area contributed by atoms with E-state index in [1.165, 1.54) is 24.3 Å². The molecule has 2 amide bonds. The molecular weight excluding hydrogens is 899 g/mol. The standard InChI is InChI=1S/C42H57N3O16S3/c1-41(19-9-27-62(49,50)51)32-28-30(63(52,53)54)14-16-35(32)44(22-24-60-26-25-59-4)36(41)10-8-11-37-42(2,20-23-58-3)33-29-31(64(55,56)57)13-15-34(33)43(37)21-7-5-6-12-40(48)61-45-38(46)17-18-39(45)47/h8,10-11,13-16,28-29,37H,5-7,9,12,17-27H2,1-4H3,(H,49,50,51)(H,52,53,54)(H,55,56,57)/b11-8+,36-10+. The number of allylic oxidation sites excluding steroid dienone is 3. The van der Waals surface area contributed by atoms with Gasteiger partial charge in [0.15, 0.2) is 0 Å². The van der Waals surface area contributed by atoms with Crippen LogP contribution in [-0.2, 0) is 74.6 Å². The van der Waals surface area contributed by atoms with Gasteiger partial charge in [-0.05, 0) is 92.6 Å². The number of carbonyl (C=O) groups excluding carboxylic acids is 3. The Bertz CT molecular complexity index is 2440. The van der Waals surface area contributed by atoms with Crippen LogP contribution >= 0.6 is 0 Å². The third-order valence-electron chi connectivity index (χ3n) is 12.0. The lowest BCUT2D eigenvalue weighted by molar-refractivity contribution is -0.197. The molecule has 3 aliphatic rings. The molecule has 3 heterocycles. The number of hydrogen-bond acceptors (Lipinski definition) is 15. The van der Waals surface area contributed by atoms with Gasteiger partial charge < -0.3 is 28.8 Å². The van der Waals surface area contributed by atoms with Crippen molar-refractivity contribution >= 4 is 59.5 Å². The fourth-order valence-corrected chi connectivity index (χ4v) is 10.2. The highest BCUT2D eigenvalue weighted by Gasteiger charge is 2.47. The molecule has 0 aliphatic carbocycles. The summed E-state index contributed by atoms with van der Waals surface area (Å²) in [5, 5.41) is 0.511. The van der Waals surface area contributed by atoms with E-state index in [1.807, 2.05) is 37.0 Å². The van der Waals surface area contributed by atoms with Crippen LogP contribution in [0.4, 0.5) is 11.4 Å². The first-order valence-electron chi connectivity index (χ1n) is 20.8. The van der Waals surface area contributed by atoms with Gasteiger partial charge in [-0.3, -0.25) is 23.2 Å². The van der Waals surface area contributed by atoms with Gasteiger partial charge >= 0.3 is 5.97 Å². The van der Waals surface area contributed by atoms with E-state index in [2.05, 4.69) is 4.90 Å². The van der Waals surface area contributed by atoms with Gasteiger partial charge in [-0.1, -0.05) is 25.5 Å². The Morgan fingerprint density at radius 3 is 2.00 bits per heavy atom. The van der Waals surface area contributed by atoms with Gasteiger partial charge in [0.1, 0.15) is 0 Å². The number of carbonyl (C=O) groups is 3. The van der Waals surface area contributed by atoms with E-state index in [0.717, 1.165) is 0 Å². The molecule has 1 saturated heterocycles. The molecule has 0 radical (unpaired) electrons. The normalized spacial score (nSPS) is 22.0. The predicted molar refractivity (Wildman–Crippen MR) is 233 cm³/mol. The zero-order chi connectivity index (χ0) is 47.1. The molecule has 22 heteroatoms. The lowest BCUT2D eigenvalue weighted by atomic mass is 9.75. The fourth-order valence-electron chi connectivity index (χ4n) is 8.70. The van der Waals surface area contributed by atoms with Crippen LogP contribution in [0.25, 0.3) is 0 Å². The molecule has 3 N–H and O–H groups in total. The number of amides is 2. The molecule has 5 rings (SSSR count). The highest BCUT2D eigenvalue weighted by Crippen LogP contribution is 2.52. The number of fused-ring (bicyclic) bond motifs is 2. The molecule has 3 unspecified atom stereocenters. The number of hydroxylamine groups is 2. The Morgan fingerprint density at radius 2 is 1.39 bits per heavy atom. The molecule has 2 aromatic carbocycles. The summed E-state index contributed by atoms with van der Waals surface area (Å²) < 4.78 is 119. The van der Waals surface area contributed by atoms with Crippen molar-refractivity contribution < 1.29 is 72.3 Å². The molecule has 0 aromatic heterocycles. The Hall–Kier alpha value is -4.26. The van der Waals surface area contributed by atoms with Crippen LogP contribution in [0, 0.1) is 0 Å². The van der Waals surface area contributed by atoms with Crippen LogP contribution in [0.2, 0.25) is 0 Å². The van der Waals surface area contributed by atoms with Crippen molar-refractivity contribution in [2.45, 2.75) is 98.3 Å². The second-order valence-electron chi connectivity index (χ2n) is 16.4. The van der Waals surface area contributed by atoms with Gasteiger partial charge in [0.05, 0.1) is 41.4 Å². The van der Waals surface area contributed by atoms with Crippen molar-refractivity contribution in [3.05, 3.63) is 71.5 Å². The fraction of sp³-hybridized carbons (Fsp3) is 0.548. The van der Waals surface area contributed by atoms with E-state index < -0.39 is 70.8 Å². The van der Waals surface area contributed by atoms with Crippen molar-refractivity contribution in [3.8, 4) is 0 Å². The third-order valence-corrected chi connectivity index (χ3v) is 14.5. The van der Waals surface area contributed by atoms with Crippen LogP contribution in [0.3, 0.4) is 0 Å². The van der Waals surface area contributed by atoms with Crippen LogP contribution in [0.1, 0.15) is 82.8 Å². The van der Waals surface area contributed by atoms with E-state index in [0.29, 0.717) is 78.7 Å². The maximum Gasteiger partial charge on any atom is 0.333 e. The summed E-state index contributed by atoms with van der Waals surface area (Å²) >= 11 is 0. The zero-order valence-corrected chi connectivity index (χ0v) is 38.8. The van der Waals surface area contributed by atoms with Crippen molar-refractivity contribution in [2.75, 3.05) is 69.3 Å². The first-order valence-corrected chi connectivity index (χ1v) is 25.3. The lowest BCUT2D eigenvalue weighted by Crippen LogP contribution is -2.43. The number of nitrogens with zero attached hydrogens (tertiary/aromatic N) is 3. The van der Waals surface area contributed by atoms with Crippen LogP contribution < -0.4 is 9.80 Å². The largest absolute Gasteiger partial charge is 0.385 e. The molecule has 3 atom stereocenters. The van der Waals surface area contributed by atoms with E-state index in [-0.39, 0.29) is 61.7 Å². The van der Waals surface area contributed by atoms with Gasteiger partial charge in [-0.25, -0.2) is 4.79 Å². The SMILES string of the molecule is COCCOCCN1/C(=C/C=C/C2N(CCCCCC(=O)ON3C(=O)CCC3=O)c3ccc(S(=O)(=O)O)cc3C2(C)CCOC)C(C)(CCCS(=O)(=O)O)c2cc(S(=O)(=O)O)ccc21. The topological polar surface area (TPSA) is 261 Å². The minimum absolute atomic E-state index is 0.00671. The van der Waals surface area contributed by atoms with E-state index in [9.17, 15) is 53.3 Å². The van der Waals surface area contributed by atoms with E-state index in [4.69, 9.17) is 19.0 Å². The predicted octanol–water partition coefficient (Wildman–Crippen LogP) is 4.38. The minimum atomic E-state index is -4.64. The molecule has 0 bridgehead atoms. The smallest absolute Gasteiger partial charge is 0.333 e. The highest BCUT2D eigenvalue weighted by molar-refractivity contribution is 7.86. The van der Waals surface area contributed by atoms with Crippen LogP contribution in [0.5, 0.6) is 0 Å². The third kappa shape index (κ3) is 11.9. The van der Waals surface area contributed by atoms with Crippen molar-refractivity contribution in [1.29, 1.82) is 0 Å². The summed E-state index contributed by atoms with van der Waals surface area (Å²) in [5.41, 5.74) is 1.20. The van der Waals surface area contributed by atoms with Gasteiger partial charge in [-0.15, -0.1) is 5.06 Å². The molecule has 3 aliphatic heterocycles. The molecule has 354 valence electrons. The van der Waals surface area contributed by atoms with Crippen molar-refractivity contribution in [3.63, 3.8) is 0 Å². The van der Waals surface area contributed by atoms with Crippen LogP contribution in [-0.4, -0.2) is 127 Å². The molecule has 1 fully saturated rings. The number of methoxy groups -OCH3 is 2. The molecule has 0 spiro atoms. The first-order chi connectivity index (χ1) is 30.0. The van der Waals surface area contributed by atoms with Gasteiger partial charge in [0.25, 0.3) is 42.2 Å². The minimum Gasteiger partial charge on any atom is -0.385 e. The lowest BCUT2D eigenvalue weighted by Gasteiger charge is -2.35. The summed E-state index contributed by atoms with van der Waals surface area (Å²) in [5.74, 6) is -2.41. The van der Waals surface area contributed by atoms with E-state index >= 15 is 0 Å². The maximum absolute atomic E-state index is 12.5. The van der Waals surface area contributed by atoms with Gasteiger partial charge in [0, 0.05) is 81.1 Å². The highest BCUT2D eigenvalue weighted by atomic mass is 32.2. The van der Waals surface area contributed by atoms with Crippen LogP contribution in [0.15, 0.2) is 70.1 Å². The Morgan fingerprint density at radius 1 is 0.766 bits per heavy atom. The first kappa shape index (κ1) is 50.7. The number of imide groups is 1. The number of anilines is 2. The monoisotopic (exact) mass is 955 g/mol. The average Bonchev–Trinajstić information content (AvgIpc) is 3.74. The van der Waals surface area contributed by atoms with Gasteiger partial charge in [0.2, 0.25) is 0 Å². The van der Waals surface area contributed by atoms with E-state index in [1.54, 1.807) is 26.4 Å². The average molecular weight is 956 g/mol. The summed E-state index contributed by atoms with van der Waals surface area (Å²) in [6.45, 7) is 5.62. The summed E-state index contributed by atoms with van der Waals surface area (Å²) in [6.07, 6.45) is 7.52. The second-order valence-corrected chi connectivity index (χ2v) is 20.8. The Kier molecular flexibility index (Phi) is 16.6. The molecule has 64 heavy (non-hydrogen) atoms. The Balaban J connectivity index is 1.53. The second kappa shape index (κ2) is 20.9. The number of hydrogen-bond donors (Lipinski definition) is 3. The van der Waals surface area contributed by atoms with Crippen molar-refractivity contribution in [2.24, 2.45) is 0 Å². The quantitative estimate of drug-likeness (QED) is 0.0749.